The molecule has 1 aromatic heterocycles. The van der Waals surface area contributed by atoms with E-state index in [1.165, 1.54) is 31.4 Å². The number of fused-ring (bicyclic) bond motifs is 3. The van der Waals surface area contributed by atoms with Crippen molar-refractivity contribution in [2.45, 2.75) is 22.7 Å². The lowest BCUT2D eigenvalue weighted by molar-refractivity contribution is -0.151. The molecule has 0 spiro atoms. The van der Waals surface area contributed by atoms with Gasteiger partial charge < -0.3 is 14.5 Å². The molecule has 0 saturated carbocycles. The Morgan fingerprint density at radius 3 is 2.67 bits per heavy atom. The monoisotopic (exact) mass is 451 g/mol. The van der Waals surface area contributed by atoms with Crippen molar-refractivity contribution in [2.24, 2.45) is 5.92 Å². The predicted molar refractivity (Wildman–Crippen MR) is 110 cm³/mol. The number of ether oxygens (including phenoxy) is 2. The van der Waals surface area contributed by atoms with Gasteiger partial charge in [0.15, 0.2) is 0 Å². The first-order valence-electron chi connectivity index (χ1n) is 9.17. The van der Waals surface area contributed by atoms with Crippen molar-refractivity contribution in [3.8, 4) is 5.75 Å². The summed E-state index contributed by atoms with van der Waals surface area (Å²) in [7, 11) is -2.40. The fraction of sp³-hybridized carbons (Fsp3) is 0.286. The van der Waals surface area contributed by atoms with Gasteiger partial charge in [0.1, 0.15) is 5.75 Å². The highest BCUT2D eigenvalue weighted by Gasteiger charge is 2.60. The van der Waals surface area contributed by atoms with Gasteiger partial charge in [0.2, 0.25) is 9.84 Å². The van der Waals surface area contributed by atoms with Crippen molar-refractivity contribution in [3.05, 3.63) is 58.7 Å². The Labute approximate surface area is 177 Å². The van der Waals surface area contributed by atoms with Crippen molar-refractivity contribution in [1.82, 2.24) is 4.98 Å². The van der Waals surface area contributed by atoms with E-state index in [-0.39, 0.29) is 23.5 Å². The molecule has 1 aliphatic rings. The van der Waals surface area contributed by atoms with Gasteiger partial charge in [0.05, 0.1) is 19.1 Å². The molecule has 1 aliphatic carbocycles. The number of carbonyl (C=O) groups excluding carboxylic acids is 1. The Bertz CT molecular complexity index is 1260. The molecule has 2 unspecified atom stereocenters. The summed E-state index contributed by atoms with van der Waals surface area (Å²) in [5.41, 5.74) is 2.26. The van der Waals surface area contributed by atoms with Crippen molar-refractivity contribution in [3.63, 3.8) is 0 Å². The molecule has 4 rings (SSSR count). The van der Waals surface area contributed by atoms with Crippen LogP contribution in [0.4, 0.5) is 4.39 Å². The number of hydrogen-bond acceptors (Lipinski definition) is 5. The number of aromatic nitrogens is 1. The number of alkyl halides is 1. The van der Waals surface area contributed by atoms with E-state index in [1.54, 1.807) is 18.2 Å². The van der Waals surface area contributed by atoms with Gasteiger partial charge in [-0.1, -0.05) is 17.7 Å². The first-order valence-corrected chi connectivity index (χ1v) is 11.0. The molecule has 0 amide bonds. The molecule has 2 aromatic carbocycles. The fourth-order valence-corrected chi connectivity index (χ4v) is 6.04. The second-order valence-electron chi connectivity index (χ2n) is 7.20. The first-order chi connectivity index (χ1) is 14.2. The summed E-state index contributed by atoms with van der Waals surface area (Å²) in [5, 5.41) is -1.97. The summed E-state index contributed by atoms with van der Waals surface area (Å²) in [5.74, 6) is -2.37. The van der Waals surface area contributed by atoms with Gasteiger partial charge in [0, 0.05) is 27.5 Å². The van der Waals surface area contributed by atoms with E-state index >= 15 is 4.39 Å². The first kappa shape index (κ1) is 20.7. The van der Waals surface area contributed by atoms with E-state index in [2.05, 4.69) is 9.72 Å². The molecule has 0 saturated heterocycles. The maximum Gasteiger partial charge on any atom is 0.360 e. The summed E-state index contributed by atoms with van der Waals surface area (Å²) in [6.45, 7) is 0. The minimum absolute atomic E-state index is 0.0381. The summed E-state index contributed by atoms with van der Waals surface area (Å²) in [4.78, 5) is 15.4. The van der Waals surface area contributed by atoms with E-state index < -0.39 is 26.7 Å². The van der Waals surface area contributed by atoms with Gasteiger partial charge in [-0.3, -0.25) is 0 Å². The summed E-state index contributed by atoms with van der Waals surface area (Å²) in [6, 6.07) is 10.7. The van der Waals surface area contributed by atoms with Crippen LogP contribution in [0, 0.1) is 5.92 Å². The van der Waals surface area contributed by atoms with Crippen molar-refractivity contribution < 1.29 is 27.1 Å². The highest BCUT2D eigenvalue weighted by molar-refractivity contribution is 7.93. The molecular weight excluding hydrogens is 433 g/mol. The van der Waals surface area contributed by atoms with E-state index in [4.69, 9.17) is 16.3 Å². The third-order valence-electron chi connectivity index (χ3n) is 5.59. The lowest BCUT2D eigenvalue weighted by atomic mass is 9.98. The van der Waals surface area contributed by atoms with Crippen molar-refractivity contribution >= 4 is 38.3 Å². The van der Waals surface area contributed by atoms with Gasteiger partial charge in [-0.25, -0.2) is 17.6 Å². The fourth-order valence-electron chi connectivity index (χ4n) is 4.09. The van der Waals surface area contributed by atoms with Crippen LogP contribution < -0.4 is 4.74 Å². The smallest absolute Gasteiger partial charge is 0.360 e. The van der Waals surface area contributed by atoms with Crippen LogP contribution in [0.2, 0.25) is 5.02 Å². The normalized spacial score (nSPS) is 18.1. The van der Waals surface area contributed by atoms with E-state index in [0.29, 0.717) is 10.7 Å². The lowest BCUT2D eigenvalue weighted by Gasteiger charge is -2.28. The highest BCUT2D eigenvalue weighted by Crippen LogP contribution is 2.45. The van der Waals surface area contributed by atoms with Gasteiger partial charge >= 0.3 is 11.0 Å². The highest BCUT2D eigenvalue weighted by atomic mass is 35.5. The SMILES string of the molecule is COC(=O)C(F)(C1Cc2[nH]c3ccc(Cl)cc3c2C1)S(=O)(=O)c1cccc(OC)c1. The summed E-state index contributed by atoms with van der Waals surface area (Å²) >= 11 is 6.09. The number of hydrogen-bond donors (Lipinski definition) is 1. The number of sulfone groups is 1. The van der Waals surface area contributed by atoms with E-state index in [0.717, 1.165) is 23.6 Å². The average Bonchev–Trinajstić information content (AvgIpc) is 3.31. The van der Waals surface area contributed by atoms with Gasteiger partial charge in [-0.15, -0.1) is 0 Å². The van der Waals surface area contributed by atoms with E-state index in [9.17, 15) is 13.2 Å². The molecule has 1 N–H and O–H groups in total. The van der Waals surface area contributed by atoms with Crippen LogP contribution in [0.25, 0.3) is 10.9 Å². The Morgan fingerprint density at radius 2 is 1.97 bits per heavy atom. The minimum atomic E-state index is -4.75. The molecule has 30 heavy (non-hydrogen) atoms. The number of carbonyl (C=O) groups is 1. The third-order valence-corrected chi connectivity index (χ3v) is 7.98. The number of halogens is 2. The molecule has 3 aromatic rings. The molecule has 6 nitrogen and oxygen atoms in total. The molecular formula is C21H19ClFNO5S. The molecule has 158 valence electrons. The average molecular weight is 452 g/mol. The molecule has 1 heterocycles. The second kappa shape index (κ2) is 7.28. The number of esters is 1. The van der Waals surface area contributed by atoms with Crippen LogP contribution >= 0.6 is 11.6 Å². The molecule has 9 heteroatoms. The van der Waals surface area contributed by atoms with Crippen molar-refractivity contribution in [1.29, 1.82) is 0 Å². The number of nitrogens with one attached hydrogen (secondary N) is 1. The number of H-pyrrole nitrogens is 1. The quantitative estimate of drug-likeness (QED) is 0.595. The lowest BCUT2D eigenvalue weighted by Crippen LogP contribution is -2.50. The van der Waals surface area contributed by atoms with Crippen LogP contribution in [0.5, 0.6) is 5.75 Å². The third kappa shape index (κ3) is 2.97. The summed E-state index contributed by atoms with van der Waals surface area (Å²) in [6.07, 6.45) is 0.0842. The van der Waals surface area contributed by atoms with Crippen LogP contribution in [0.3, 0.4) is 0 Å². The standard InChI is InChI=1S/C21H19ClFNO5S/c1-28-14-4-3-5-15(11-14)30(26,27)21(23,20(25)29-2)12-8-16-17-10-13(22)6-7-18(17)24-19(16)9-12/h3-7,10-12,24H,8-9H2,1-2H3. The number of methoxy groups -OCH3 is 2. The van der Waals surface area contributed by atoms with Crippen LogP contribution in [-0.2, 0) is 32.2 Å². The predicted octanol–water partition coefficient (Wildman–Crippen LogP) is 3.86. The Hall–Kier alpha value is -2.58. The van der Waals surface area contributed by atoms with Gasteiger partial charge in [-0.05, 0) is 54.8 Å². The van der Waals surface area contributed by atoms with Crippen LogP contribution in [0.1, 0.15) is 11.3 Å². The molecule has 0 radical (unpaired) electrons. The summed E-state index contributed by atoms with van der Waals surface area (Å²) < 4.78 is 52.7. The van der Waals surface area contributed by atoms with E-state index in [1.807, 2.05) is 0 Å². The zero-order valence-electron chi connectivity index (χ0n) is 16.2. The zero-order chi connectivity index (χ0) is 21.7. The molecule has 0 aliphatic heterocycles. The zero-order valence-corrected chi connectivity index (χ0v) is 17.8. The Balaban J connectivity index is 1.81. The molecule has 0 bridgehead atoms. The molecule has 2 atom stereocenters. The maximum absolute atomic E-state index is 16.4. The minimum Gasteiger partial charge on any atom is -0.497 e. The van der Waals surface area contributed by atoms with Crippen LogP contribution in [-0.4, -0.2) is 38.6 Å². The van der Waals surface area contributed by atoms with Gasteiger partial charge in [0.25, 0.3) is 0 Å². The Morgan fingerprint density at radius 1 is 1.20 bits per heavy atom. The van der Waals surface area contributed by atoms with Crippen molar-refractivity contribution in [2.75, 3.05) is 14.2 Å². The Kier molecular flexibility index (Phi) is 5.02. The number of benzene rings is 2. The number of aromatic amines is 1. The molecule has 0 fully saturated rings. The topological polar surface area (TPSA) is 85.5 Å². The largest absolute Gasteiger partial charge is 0.497 e. The maximum atomic E-state index is 16.4. The number of rotatable bonds is 5. The second-order valence-corrected chi connectivity index (χ2v) is 9.71. The van der Waals surface area contributed by atoms with Crippen LogP contribution in [0.15, 0.2) is 47.4 Å². The van der Waals surface area contributed by atoms with Gasteiger partial charge in [-0.2, -0.15) is 0 Å².